The lowest BCUT2D eigenvalue weighted by Gasteiger charge is -2.37. The predicted octanol–water partition coefficient (Wildman–Crippen LogP) is 4.47. The molecule has 1 fully saturated rings. The van der Waals surface area contributed by atoms with Gasteiger partial charge in [-0.25, -0.2) is 8.78 Å². The molecule has 112 valence electrons. The molecule has 0 heterocycles. The minimum Gasteiger partial charge on any atom is -0.390 e. The highest BCUT2D eigenvalue weighted by Gasteiger charge is 2.35. The molecule has 0 saturated heterocycles. The van der Waals surface area contributed by atoms with E-state index in [2.05, 4.69) is 13.8 Å². The van der Waals surface area contributed by atoms with Crippen LogP contribution in [0.3, 0.4) is 0 Å². The van der Waals surface area contributed by atoms with Crippen LogP contribution in [0.2, 0.25) is 0 Å². The highest BCUT2D eigenvalue weighted by atomic mass is 19.2. The van der Waals surface area contributed by atoms with Gasteiger partial charge in [0.15, 0.2) is 11.6 Å². The van der Waals surface area contributed by atoms with E-state index in [1.54, 1.807) is 6.07 Å². The van der Waals surface area contributed by atoms with E-state index in [-0.39, 0.29) is 12.0 Å². The van der Waals surface area contributed by atoms with Gasteiger partial charge in [-0.3, -0.25) is 0 Å². The third-order valence-corrected chi connectivity index (χ3v) is 4.28. The zero-order chi connectivity index (χ0) is 14.8. The molecular formula is C17H24F2O. The molecule has 3 heteroatoms. The molecule has 0 amide bonds. The quantitative estimate of drug-likeness (QED) is 0.863. The average molecular weight is 282 g/mol. The van der Waals surface area contributed by atoms with Crippen molar-refractivity contribution in [2.75, 3.05) is 0 Å². The van der Waals surface area contributed by atoms with Gasteiger partial charge in [0.05, 0.1) is 5.60 Å². The summed E-state index contributed by atoms with van der Waals surface area (Å²) in [5.41, 5.74) is -0.593. The summed E-state index contributed by atoms with van der Waals surface area (Å²) in [6, 6.07) is 4.19. The van der Waals surface area contributed by atoms with Gasteiger partial charge < -0.3 is 5.11 Å². The summed E-state index contributed by atoms with van der Waals surface area (Å²) in [6.07, 6.45) is 4.77. The van der Waals surface area contributed by atoms with Gasteiger partial charge in [-0.05, 0) is 42.7 Å². The first-order valence-electron chi connectivity index (χ1n) is 7.55. The summed E-state index contributed by atoms with van der Waals surface area (Å²) in [4.78, 5) is 0. The van der Waals surface area contributed by atoms with Crippen molar-refractivity contribution in [2.24, 2.45) is 11.8 Å². The fraction of sp³-hybridized carbons (Fsp3) is 0.647. The maximum atomic E-state index is 13.7. The zero-order valence-corrected chi connectivity index (χ0v) is 12.3. The van der Waals surface area contributed by atoms with E-state index in [0.717, 1.165) is 25.3 Å². The van der Waals surface area contributed by atoms with Crippen molar-refractivity contribution in [3.63, 3.8) is 0 Å². The number of halogens is 2. The fourth-order valence-corrected chi connectivity index (χ4v) is 3.53. The molecule has 1 aromatic carbocycles. The molecule has 0 aliphatic heterocycles. The van der Waals surface area contributed by atoms with E-state index in [1.165, 1.54) is 6.07 Å². The molecule has 20 heavy (non-hydrogen) atoms. The Bertz CT molecular complexity index is 458. The van der Waals surface area contributed by atoms with Gasteiger partial charge in [-0.1, -0.05) is 38.8 Å². The smallest absolute Gasteiger partial charge is 0.162 e. The summed E-state index contributed by atoms with van der Waals surface area (Å²) < 4.78 is 27.0. The number of rotatable bonds is 4. The summed E-state index contributed by atoms with van der Waals surface area (Å²) >= 11 is 0. The second kappa shape index (κ2) is 6.21. The van der Waals surface area contributed by atoms with Crippen LogP contribution in [0.4, 0.5) is 8.78 Å². The third-order valence-electron chi connectivity index (χ3n) is 4.28. The van der Waals surface area contributed by atoms with Gasteiger partial charge in [-0.2, -0.15) is 0 Å². The second-order valence-electron chi connectivity index (χ2n) is 6.71. The van der Waals surface area contributed by atoms with E-state index < -0.39 is 17.2 Å². The summed E-state index contributed by atoms with van der Waals surface area (Å²) in [6.45, 7) is 4.36. The first-order valence-corrected chi connectivity index (χ1v) is 7.55. The molecule has 1 aliphatic rings. The van der Waals surface area contributed by atoms with Crippen molar-refractivity contribution in [2.45, 2.75) is 58.0 Å². The Labute approximate surface area is 120 Å². The van der Waals surface area contributed by atoms with Crippen molar-refractivity contribution in [3.05, 3.63) is 35.4 Å². The van der Waals surface area contributed by atoms with Crippen LogP contribution in [0.5, 0.6) is 0 Å². The number of hydrogen-bond donors (Lipinski definition) is 1. The lowest BCUT2D eigenvalue weighted by Crippen LogP contribution is -2.38. The number of aliphatic hydroxyl groups is 1. The van der Waals surface area contributed by atoms with Gasteiger partial charge in [0.2, 0.25) is 0 Å². The molecule has 2 unspecified atom stereocenters. The molecule has 1 nitrogen and oxygen atoms in total. The van der Waals surface area contributed by atoms with Crippen molar-refractivity contribution in [1.82, 2.24) is 0 Å². The molecule has 1 aliphatic carbocycles. The molecule has 2 atom stereocenters. The van der Waals surface area contributed by atoms with Crippen LogP contribution in [0.25, 0.3) is 0 Å². The normalized spacial score (nSPS) is 27.0. The van der Waals surface area contributed by atoms with Crippen LogP contribution in [0, 0.1) is 23.5 Å². The van der Waals surface area contributed by atoms with Crippen LogP contribution in [-0.4, -0.2) is 10.7 Å². The summed E-state index contributed by atoms with van der Waals surface area (Å²) in [5, 5.41) is 10.7. The van der Waals surface area contributed by atoms with Crippen molar-refractivity contribution in [3.8, 4) is 0 Å². The topological polar surface area (TPSA) is 20.2 Å². The lowest BCUT2D eigenvalue weighted by atomic mass is 9.73. The molecule has 2 rings (SSSR count). The Kier molecular flexibility index (Phi) is 4.79. The van der Waals surface area contributed by atoms with E-state index in [1.807, 2.05) is 0 Å². The van der Waals surface area contributed by atoms with Crippen LogP contribution in [0.15, 0.2) is 18.2 Å². The highest BCUT2D eigenvalue weighted by Crippen LogP contribution is 2.38. The van der Waals surface area contributed by atoms with Crippen molar-refractivity contribution in [1.29, 1.82) is 0 Å². The van der Waals surface area contributed by atoms with Crippen LogP contribution >= 0.6 is 0 Å². The Balaban J connectivity index is 2.08. The van der Waals surface area contributed by atoms with E-state index in [9.17, 15) is 13.9 Å². The fourth-order valence-electron chi connectivity index (χ4n) is 3.53. The van der Waals surface area contributed by atoms with Crippen LogP contribution < -0.4 is 0 Å². The monoisotopic (exact) mass is 282 g/mol. The predicted molar refractivity (Wildman–Crippen MR) is 76.4 cm³/mol. The lowest BCUT2D eigenvalue weighted by molar-refractivity contribution is -0.0196. The van der Waals surface area contributed by atoms with E-state index in [0.29, 0.717) is 24.7 Å². The van der Waals surface area contributed by atoms with Crippen LogP contribution in [-0.2, 0) is 6.42 Å². The highest BCUT2D eigenvalue weighted by molar-refractivity contribution is 5.21. The van der Waals surface area contributed by atoms with Gasteiger partial charge in [0, 0.05) is 6.42 Å². The largest absolute Gasteiger partial charge is 0.390 e. The Morgan fingerprint density at radius 2 is 2.10 bits per heavy atom. The molecule has 0 aromatic heterocycles. The summed E-state index contributed by atoms with van der Waals surface area (Å²) in [5.74, 6) is -0.550. The maximum absolute atomic E-state index is 13.7. The minimum atomic E-state index is -0.883. The molecule has 1 aromatic rings. The third kappa shape index (κ3) is 3.78. The number of hydrogen-bond acceptors (Lipinski definition) is 1. The van der Waals surface area contributed by atoms with E-state index >= 15 is 0 Å². The van der Waals surface area contributed by atoms with Crippen molar-refractivity contribution >= 4 is 0 Å². The maximum Gasteiger partial charge on any atom is 0.162 e. The minimum absolute atomic E-state index is 0.213. The number of benzene rings is 1. The Morgan fingerprint density at radius 1 is 1.35 bits per heavy atom. The van der Waals surface area contributed by atoms with Gasteiger partial charge in [0.1, 0.15) is 0 Å². The van der Waals surface area contributed by atoms with Gasteiger partial charge >= 0.3 is 0 Å². The standard InChI is InChI=1S/C17H24F2O/c1-12(2)9-13-5-4-8-17(20,10-13)11-14-6-3-7-15(18)16(14)19/h3,6-7,12-13,20H,4-5,8-11H2,1-2H3. The molecule has 0 radical (unpaired) electrons. The first-order chi connectivity index (χ1) is 9.39. The molecule has 0 spiro atoms. The Hall–Kier alpha value is -0.960. The summed E-state index contributed by atoms with van der Waals surface area (Å²) in [7, 11) is 0. The molecular weight excluding hydrogens is 258 g/mol. The zero-order valence-electron chi connectivity index (χ0n) is 12.3. The average Bonchev–Trinajstić information content (AvgIpc) is 2.34. The Morgan fingerprint density at radius 3 is 2.80 bits per heavy atom. The van der Waals surface area contributed by atoms with Gasteiger partial charge in [0.25, 0.3) is 0 Å². The SMILES string of the molecule is CC(C)CC1CCCC(O)(Cc2cccc(F)c2F)C1. The van der Waals surface area contributed by atoms with Crippen LogP contribution in [0.1, 0.15) is 51.5 Å². The first kappa shape index (κ1) is 15.4. The molecule has 0 bridgehead atoms. The molecule has 1 saturated carbocycles. The van der Waals surface area contributed by atoms with Crippen molar-refractivity contribution < 1.29 is 13.9 Å². The van der Waals surface area contributed by atoms with E-state index in [4.69, 9.17) is 0 Å². The second-order valence-corrected chi connectivity index (χ2v) is 6.71. The molecule has 1 N–H and O–H groups in total. The van der Waals surface area contributed by atoms with Gasteiger partial charge in [-0.15, -0.1) is 0 Å².